The quantitative estimate of drug-likeness (QED) is 0.259. The standard InChI is InChI=1S/C34H40N4O8/c1-16-19-8-9-20(18-7-5-6-17(14-18)15-38-12-10-37(4)11-13-38)27(39)22(19)28(40)23-21(16)29(41)25-26(36(2)3)30(42)24(33(35)45)32(44)34(25,46)31(23)43/h5-9,14,16,21,25-26,29,39,41-43,46H,10-13,15H2,1-4H3,(H2,35,45). The third kappa shape index (κ3) is 4.58. The summed E-state index contributed by atoms with van der Waals surface area (Å²) in [5.41, 5.74) is 3.52. The van der Waals surface area contributed by atoms with Gasteiger partial charge in [-0.25, -0.2) is 0 Å². The number of nitrogens with zero attached hydrogens (tertiary/aromatic N) is 3. The molecule has 46 heavy (non-hydrogen) atoms. The van der Waals surface area contributed by atoms with Gasteiger partial charge in [0.2, 0.25) is 5.78 Å². The Morgan fingerprint density at radius 1 is 1.07 bits per heavy atom. The summed E-state index contributed by atoms with van der Waals surface area (Å²) in [5, 5.41) is 57.9. The van der Waals surface area contributed by atoms with E-state index < -0.39 is 75.6 Å². The van der Waals surface area contributed by atoms with Gasteiger partial charge in [-0.15, -0.1) is 0 Å². The number of nitrogens with two attached hydrogens (primary N) is 1. The molecule has 6 atom stereocenters. The highest BCUT2D eigenvalue weighted by Gasteiger charge is 2.67. The van der Waals surface area contributed by atoms with Gasteiger partial charge in [-0.05, 0) is 49.8 Å². The second-order valence-electron chi connectivity index (χ2n) is 13.3. The Balaban J connectivity index is 1.45. The molecule has 3 aliphatic carbocycles. The minimum absolute atomic E-state index is 0.109. The zero-order chi connectivity index (χ0) is 33.4. The number of aromatic hydroxyl groups is 1. The number of hydrogen-bond acceptors (Lipinski definition) is 11. The third-order valence-electron chi connectivity index (χ3n) is 10.4. The molecule has 6 unspecified atom stereocenters. The summed E-state index contributed by atoms with van der Waals surface area (Å²) >= 11 is 0. The average molecular weight is 633 g/mol. The predicted molar refractivity (Wildman–Crippen MR) is 168 cm³/mol. The Morgan fingerprint density at radius 3 is 2.37 bits per heavy atom. The minimum Gasteiger partial charge on any atom is -0.510 e. The van der Waals surface area contributed by atoms with Crippen LogP contribution in [0.5, 0.6) is 5.75 Å². The molecule has 2 aromatic rings. The second-order valence-corrected chi connectivity index (χ2v) is 13.3. The molecule has 0 spiro atoms. The van der Waals surface area contributed by atoms with Crippen LogP contribution in [0, 0.1) is 11.8 Å². The number of fused-ring (bicyclic) bond motifs is 3. The van der Waals surface area contributed by atoms with Crippen LogP contribution in [0.2, 0.25) is 0 Å². The second kappa shape index (κ2) is 11.3. The average Bonchev–Trinajstić information content (AvgIpc) is 3.00. The number of carbonyl (C=O) groups is 3. The van der Waals surface area contributed by atoms with Crippen LogP contribution in [-0.4, -0.2) is 123 Å². The number of carbonyl (C=O) groups excluding carboxylic acids is 3. The lowest BCUT2D eigenvalue weighted by Gasteiger charge is -2.53. The molecule has 1 amide bonds. The van der Waals surface area contributed by atoms with Gasteiger partial charge in [0.15, 0.2) is 11.4 Å². The van der Waals surface area contributed by atoms with Crippen LogP contribution in [0.15, 0.2) is 59.1 Å². The smallest absolute Gasteiger partial charge is 0.255 e. The first-order chi connectivity index (χ1) is 21.7. The lowest BCUT2D eigenvalue weighted by Crippen LogP contribution is -2.68. The van der Waals surface area contributed by atoms with Gasteiger partial charge in [-0.1, -0.05) is 37.3 Å². The number of likely N-dealkylation sites (N-methyl/N-ethyl adjacent to an activating group) is 2. The van der Waals surface area contributed by atoms with Gasteiger partial charge in [0.25, 0.3) is 5.91 Å². The lowest BCUT2D eigenvalue weighted by atomic mass is 9.55. The zero-order valence-corrected chi connectivity index (χ0v) is 26.3. The summed E-state index contributed by atoms with van der Waals surface area (Å²) in [6, 6.07) is 9.80. The number of phenols is 1. The summed E-state index contributed by atoms with van der Waals surface area (Å²) < 4.78 is 0. The summed E-state index contributed by atoms with van der Waals surface area (Å²) in [4.78, 5) is 46.1. The molecule has 0 saturated carbocycles. The fourth-order valence-electron chi connectivity index (χ4n) is 7.96. The van der Waals surface area contributed by atoms with Crippen molar-refractivity contribution in [2.45, 2.75) is 37.1 Å². The Kier molecular flexibility index (Phi) is 7.85. The summed E-state index contributed by atoms with van der Waals surface area (Å²) in [7, 11) is 5.10. The number of amides is 1. The lowest BCUT2D eigenvalue weighted by molar-refractivity contribution is -0.162. The third-order valence-corrected chi connectivity index (χ3v) is 10.4. The van der Waals surface area contributed by atoms with Crippen molar-refractivity contribution in [2.24, 2.45) is 17.6 Å². The number of ketones is 2. The molecule has 2 aromatic carbocycles. The van der Waals surface area contributed by atoms with Gasteiger partial charge in [-0.2, -0.15) is 0 Å². The number of aliphatic hydroxyl groups excluding tert-OH is 3. The van der Waals surface area contributed by atoms with Crippen LogP contribution in [0.25, 0.3) is 11.1 Å². The van der Waals surface area contributed by atoms with Crippen molar-refractivity contribution in [2.75, 3.05) is 47.3 Å². The van der Waals surface area contributed by atoms with E-state index in [1.165, 1.54) is 19.0 Å². The van der Waals surface area contributed by atoms with Crippen LogP contribution in [0.3, 0.4) is 0 Å². The van der Waals surface area contributed by atoms with Gasteiger partial charge in [0.05, 0.1) is 23.6 Å². The van der Waals surface area contributed by atoms with Crippen LogP contribution in [-0.2, 0) is 16.1 Å². The Labute approximate surface area is 266 Å². The van der Waals surface area contributed by atoms with E-state index in [2.05, 4.69) is 16.8 Å². The van der Waals surface area contributed by atoms with Gasteiger partial charge in [-0.3, -0.25) is 24.2 Å². The van der Waals surface area contributed by atoms with E-state index in [0.29, 0.717) is 16.7 Å². The number of phenolic OH excluding ortho intramolecular Hbond substituents is 1. The van der Waals surface area contributed by atoms with Crippen LogP contribution in [0.1, 0.15) is 34.3 Å². The van der Waals surface area contributed by atoms with Gasteiger partial charge >= 0.3 is 0 Å². The number of Topliss-reactive ketones (excluding diaryl/α,β-unsaturated/α-hetero) is 2. The largest absolute Gasteiger partial charge is 0.510 e. The topological polar surface area (TPSA) is 188 Å². The number of aliphatic hydroxyl groups is 4. The molecule has 0 bridgehead atoms. The van der Waals surface area contributed by atoms with E-state index in [1.807, 2.05) is 24.3 Å². The zero-order valence-electron chi connectivity index (χ0n) is 26.3. The van der Waals surface area contributed by atoms with E-state index in [0.717, 1.165) is 38.3 Å². The summed E-state index contributed by atoms with van der Waals surface area (Å²) in [6.07, 6.45) is -1.64. The Hall–Kier alpha value is -4.07. The molecular weight excluding hydrogens is 592 g/mol. The SMILES string of the molecule is CC1c2ccc(-c3cccc(CN4CCN(C)CC4)c3)c(O)c2C(=O)C2=C(O)C3(O)C(=O)C(C(N)=O)=C(O)C(N(C)C)C3C(O)C21. The number of benzene rings is 2. The highest BCUT2D eigenvalue weighted by atomic mass is 16.4. The molecule has 1 aliphatic heterocycles. The molecule has 244 valence electrons. The van der Waals surface area contributed by atoms with Crippen molar-refractivity contribution < 1.29 is 39.9 Å². The molecule has 1 fully saturated rings. The van der Waals surface area contributed by atoms with E-state index in [1.54, 1.807) is 19.1 Å². The maximum absolute atomic E-state index is 14.2. The monoisotopic (exact) mass is 632 g/mol. The van der Waals surface area contributed by atoms with Crippen LogP contribution in [0.4, 0.5) is 0 Å². The number of primary amides is 1. The van der Waals surface area contributed by atoms with Crippen molar-refractivity contribution in [1.82, 2.24) is 14.7 Å². The highest BCUT2D eigenvalue weighted by molar-refractivity contribution is 6.25. The molecule has 1 saturated heterocycles. The van der Waals surface area contributed by atoms with Crippen molar-refractivity contribution in [3.63, 3.8) is 0 Å². The summed E-state index contributed by atoms with van der Waals surface area (Å²) in [6.45, 7) is 6.26. The molecule has 12 nitrogen and oxygen atoms in total. The van der Waals surface area contributed by atoms with Gasteiger partial charge < -0.3 is 36.2 Å². The Morgan fingerprint density at radius 2 is 1.74 bits per heavy atom. The number of rotatable bonds is 5. The predicted octanol–water partition coefficient (Wildman–Crippen LogP) is 1.07. The van der Waals surface area contributed by atoms with Crippen LogP contribution >= 0.6 is 0 Å². The van der Waals surface area contributed by atoms with E-state index in [9.17, 15) is 39.9 Å². The van der Waals surface area contributed by atoms with Crippen molar-refractivity contribution in [3.8, 4) is 16.9 Å². The van der Waals surface area contributed by atoms with Gasteiger partial charge in [0.1, 0.15) is 22.8 Å². The van der Waals surface area contributed by atoms with Crippen molar-refractivity contribution in [3.05, 3.63) is 75.8 Å². The highest BCUT2D eigenvalue weighted by Crippen LogP contribution is 2.56. The maximum atomic E-state index is 14.2. The molecule has 0 aromatic heterocycles. The molecule has 12 heteroatoms. The fraction of sp³-hybridized carbons (Fsp3) is 0.441. The van der Waals surface area contributed by atoms with E-state index >= 15 is 0 Å². The summed E-state index contributed by atoms with van der Waals surface area (Å²) in [5.74, 6) is -9.04. The van der Waals surface area contributed by atoms with Crippen molar-refractivity contribution >= 4 is 17.5 Å². The molecule has 0 radical (unpaired) electrons. The Bertz CT molecular complexity index is 1710. The van der Waals surface area contributed by atoms with E-state index in [4.69, 9.17) is 5.73 Å². The molecule has 6 rings (SSSR count). The maximum Gasteiger partial charge on any atom is 0.255 e. The molecule has 7 N–H and O–H groups in total. The number of hydrogen-bond donors (Lipinski definition) is 6. The van der Waals surface area contributed by atoms with E-state index in [-0.39, 0.29) is 11.3 Å². The first-order valence-electron chi connectivity index (χ1n) is 15.4. The fourth-order valence-corrected chi connectivity index (χ4v) is 7.96. The first kappa shape index (κ1) is 31.9. The molecule has 4 aliphatic rings. The molecular formula is C34H40N4O8. The normalized spacial score (nSPS) is 30.4. The number of piperazine rings is 1. The van der Waals surface area contributed by atoms with Crippen molar-refractivity contribution in [1.29, 1.82) is 0 Å². The van der Waals surface area contributed by atoms with Crippen LogP contribution < -0.4 is 5.73 Å². The van der Waals surface area contributed by atoms with Gasteiger partial charge in [0, 0.05) is 49.8 Å². The first-order valence-corrected chi connectivity index (χ1v) is 15.4. The molecule has 1 heterocycles. The minimum atomic E-state index is -2.95.